The molecular weight excluding hydrogens is 527 g/mol. The van der Waals surface area contributed by atoms with Gasteiger partial charge in [-0.25, -0.2) is 14.8 Å². The number of carboxylic acid groups (broad SMARTS) is 1. The molecule has 0 spiro atoms. The molecule has 9 nitrogen and oxygen atoms in total. The van der Waals surface area contributed by atoms with Crippen LogP contribution in [0.25, 0.3) is 0 Å². The molecule has 4 N–H and O–H groups in total. The zero-order valence-corrected chi connectivity index (χ0v) is 21.8. The number of aromatic nitrogens is 2. The van der Waals surface area contributed by atoms with E-state index >= 15 is 0 Å². The van der Waals surface area contributed by atoms with E-state index in [1.807, 2.05) is 12.1 Å². The Labute approximate surface area is 229 Å². The number of primary amides is 1. The lowest BCUT2D eigenvalue weighted by atomic mass is 9.89. The van der Waals surface area contributed by atoms with Crippen LogP contribution in [0.1, 0.15) is 53.5 Å². The van der Waals surface area contributed by atoms with Gasteiger partial charge in [0.1, 0.15) is 5.75 Å². The Morgan fingerprint density at radius 2 is 1.88 bits per heavy atom. The van der Waals surface area contributed by atoms with E-state index < -0.39 is 29.7 Å². The lowest BCUT2D eigenvalue weighted by Gasteiger charge is -2.30. The number of ether oxygens (including phenoxy) is 1. The van der Waals surface area contributed by atoms with E-state index in [1.165, 1.54) is 12.0 Å². The molecule has 2 heterocycles. The van der Waals surface area contributed by atoms with Gasteiger partial charge in [-0.2, -0.15) is 13.2 Å². The summed E-state index contributed by atoms with van der Waals surface area (Å²) in [4.78, 5) is 32.6. The minimum atomic E-state index is -4.74. The molecule has 12 heteroatoms. The molecule has 2 aromatic carbocycles. The van der Waals surface area contributed by atoms with Crippen LogP contribution in [-0.4, -0.2) is 52.2 Å². The first-order valence-corrected chi connectivity index (χ1v) is 12.7. The molecule has 0 bridgehead atoms. The summed E-state index contributed by atoms with van der Waals surface area (Å²) in [6.45, 7) is 0.861. The van der Waals surface area contributed by atoms with Gasteiger partial charge in [-0.05, 0) is 48.4 Å². The number of hydrogen-bond acceptors (Lipinski definition) is 6. The van der Waals surface area contributed by atoms with Gasteiger partial charge in [-0.3, -0.25) is 4.79 Å². The molecular formula is C28H30F3N5O4. The van der Waals surface area contributed by atoms with Crippen LogP contribution in [0.3, 0.4) is 0 Å². The molecule has 0 saturated carbocycles. The number of piperidine rings is 1. The number of carbonyl (C=O) groups is 2. The highest BCUT2D eigenvalue weighted by atomic mass is 19.4. The zero-order valence-electron chi connectivity index (χ0n) is 21.8. The first-order valence-electron chi connectivity index (χ1n) is 12.7. The lowest BCUT2D eigenvalue weighted by Crippen LogP contribution is -2.36. The molecule has 0 aliphatic carbocycles. The van der Waals surface area contributed by atoms with Crippen molar-refractivity contribution in [2.75, 3.05) is 25.5 Å². The van der Waals surface area contributed by atoms with Crippen LogP contribution < -0.4 is 15.8 Å². The fourth-order valence-corrected chi connectivity index (χ4v) is 4.98. The number of methoxy groups -OCH3 is 1. The van der Waals surface area contributed by atoms with Gasteiger partial charge >= 0.3 is 12.3 Å². The van der Waals surface area contributed by atoms with Crippen LogP contribution in [0.5, 0.6) is 5.75 Å². The largest absolute Gasteiger partial charge is 0.495 e. The van der Waals surface area contributed by atoms with E-state index in [0.717, 1.165) is 11.1 Å². The molecule has 1 aromatic heterocycles. The second kappa shape index (κ2) is 12.2. The number of halogens is 3. The quantitative estimate of drug-likeness (QED) is 0.325. The third kappa shape index (κ3) is 6.99. The number of anilines is 2. The fraction of sp³-hybridized carbons (Fsp3) is 0.357. The highest BCUT2D eigenvalue weighted by molar-refractivity contribution is 5.75. The van der Waals surface area contributed by atoms with E-state index in [1.54, 1.807) is 36.4 Å². The molecule has 3 aromatic rings. The topological polar surface area (TPSA) is 131 Å². The number of nitrogens with zero attached hydrogens (tertiary/aromatic N) is 3. The van der Waals surface area contributed by atoms with Gasteiger partial charge in [0.15, 0.2) is 0 Å². The number of alkyl halides is 3. The normalized spacial score (nSPS) is 14.9. The predicted octanol–water partition coefficient (Wildman–Crippen LogP) is 5.31. The number of nitrogens with one attached hydrogen (secondary N) is 1. The van der Waals surface area contributed by atoms with Gasteiger partial charge in [0, 0.05) is 31.6 Å². The van der Waals surface area contributed by atoms with Gasteiger partial charge in [-0.1, -0.05) is 36.4 Å². The Hall–Kier alpha value is -4.35. The Kier molecular flexibility index (Phi) is 8.76. The molecule has 4 rings (SSSR count). The lowest BCUT2D eigenvalue weighted by molar-refractivity contribution is -0.139. The summed E-state index contributed by atoms with van der Waals surface area (Å²) in [6.07, 6.45) is -3.84. The number of benzene rings is 2. The first kappa shape index (κ1) is 28.7. The van der Waals surface area contributed by atoms with E-state index in [9.17, 15) is 27.9 Å². The number of hydrogen-bond donors (Lipinski definition) is 3. The van der Waals surface area contributed by atoms with Crippen molar-refractivity contribution in [3.63, 3.8) is 0 Å². The zero-order chi connectivity index (χ0) is 28.9. The van der Waals surface area contributed by atoms with Crippen LogP contribution in [0.2, 0.25) is 0 Å². The first-order chi connectivity index (χ1) is 19.0. The number of nitrogens with two attached hydrogens (primary N) is 1. The van der Waals surface area contributed by atoms with E-state index in [2.05, 4.69) is 15.3 Å². The molecule has 40 heavy (non-hydrogen) atoms. The molecule has 1 saturated heterocycles. The Balaban J connectivity index is 1.63. The minimum Gasteiger partial charge on any atom is -0.495 e. The van der Waals surface area contributed by atoms with Crippen molar-refractivity contribution in [2.24, 2.45) is 5.73 Å². The predicted molar refractivity (Wildman–Crippen MR) is 142 cm³/mol. The molecule has 2 amide bonds. The summed E-state index contributed by atoms with van der Waals surface area (Å²) in [7, 11) is 1.47. The maximum absolute atomic E-state index is 14.0. The van der Waals surface area contributed by atoms with Crippen molar-refractivity contribution in [3.8, 4) is 5.75 Å². The standard InChI is InChI=1S/C28H30F3N5O4/c1-40-23-14-19(18-9-11-36(12-10-18)27(38)39)7-8-22(23)34-26-33-16-21(28(29,30)31)25(35-26)20(15-24(32)37)13-17-5-3-2-4-6-17/h2-8,14,16,18,20H,9-13,15H2,1H3,(H2,32,37)(H,38,39)(H,33,34,35). The third-order valence-corrected chi connectivity index (χ3v) is 6.99. The molecule has 1 fully saturated rings. The Bertz CT molecular complexity index is 1350. The monoisotopic (exact) mass is 557 g/mol. The molecule has 0 radical (unpaired) electrons. The van der Waals surface area contributed by atoms with Crippen LogP contribution in [-0.2, 0) is 17.4 Å². The number of likely N-dealkylation sites (tertiary alicyclic amines) is 1. The highest BCUT2D eigenvalue weighted by Crippen LogP contribution is 2.38. The van der Waals surface area contributed by atoms with Crippen molar-refractivity contribution in [2.45, 2.75) is 43.7 Å². The van der Waals surface area contributed by atoms with Crippen molar-refractivity contribution in [1.82, 2.24) is 14.9 Å². The van der Waals surface area contributed by atoms with Crippen molar-refractivity contribution in [3.05, 3.63) is 77.1 Å². The maximum Gasteiger partial charge on any atom is 0.419 e. The third-order valence-electron chi connectivity index (χ3n) is 6.99. The van der Waals surface area contributed by atoms with Gasteiger partial charge in [-0.15, -0.1) is 0 Å². The van der Waals surface area contributed by atoms with Crippen LogP contribution in [0.15, 0.2) is 54.7 Å². The molecule has 1 aliphatic rings. The number of rotatable bonds is 9. The second-order valence-electron chi connectivity index (χ2n) is 9.68. The van der Waals surface area contributed by atoms with Crippen molar-refractivity contribution in [1.29, 1.82) is 0 Å². The summed E-state index contributed by atoms with van der Waals surface area (Å²) in [5.74, 6) is -1.19. The van der Waals surface area contributed by atoms with E-state index in [0.29, 0.717) is 43.6 Å². The van der Waals surface area contributed by atoms with Crippen molar-refractivity contribution >= 4 is 23.6 Å². The van der Waals surface area contributed by atoms with Gasteiger partial charge < -0.3 is 25.8 Å². The fourth-order valence-electron chi connectivity index (χ4n) is 4.98. The Morgan fingerprint density at radius 1 is 1.18 bits per heavy atom. The average Bonchev–Trinajstić information content (AvgIpc) is 2.92. The average molecular weight is 558 g/mol. The van der Waals surface area contributed by atoms with Gasteiger partial charge in [0.25, 0.3) is 0 Å². The maximum atomic E-state index is 14.0. The molecule has 1 unspecified atom stereocenters. The SMILES string of the molecule is COc1cc(C2CCN(C(=O)O)CC2)ccc1Nc1ncc(C(F)(F)F)c(C(CC(N)=O)Cc2ccccc2)n1. The van der Waals surface area contributed by atoms with E-state index in [4.69, 9.17) is 10.5 Å². The molecule has 1 aliphatic heterocycles. The molecule has 212 valence electrons. The van der Waals surface area contributed by atoms with Crippen molar-refractivity contribution < 1.29 is 32.6 Å². The van der Waals surface area contributed by atoms with E-state index in [-0.39, 0.29) is 30.4 Å². The summed E-state index contributed by atoms with van der Waals surface area (Å²) in [6, 6.07) is 14.3. The summed E-state index contributed by atoms with van der Waals surface area (Å²) in [5, 5.41) is 12.1. The highest BCUT2D eigenvalue weighted by Gasteiger charge is 2.37. The molecule has 1 atom stereocenters. The number of amides is 2. The Morgan fingerprint density at radius 3 is 2.48 bits per heavy atom. The van der Waals surface area contributed by atoms with Gasteiger partial charge in [0.05, 0.1) is 24.1 Å². The summed E-state index contributed by atoms with van der Waals surface area (Å²) >= 11 is 0. The smallest absolute Gasteiger partial charge is 0.419 e. The summed E-state index contributed by atoms with van der Waals surface area (Å²) in [5.41, 5.74) is 6.20. The van der Waals surface area contributed by atoms with Crippen LogP contribution in [0, 0.1) is 0 Å². The van der Waals surface area contributed by atoms with Gasteiger partial charge in [0.2, 0.25) is 11.9 Å². The summed E-state index contributed by atoms with van der Waals surface area (Å²) < 4.78 is 47.5. The van der Waals surface area contributed by atoms with Crippen LogP contribution >= 0.6 is 0 Å². The minimum absolute atomic E-state index is 0.0913. The second-order valence-corrected chi connectivity index (χ2v) is 9.68. The number of carbonyl (C=O) groups excluding carboxylic acids is 1. The van der Waals surface area contributed by atoms with Crippen LogP contribution in [0.4, 0.5) is 29.6 Å².